The highest BCUT2D eigenvalue weighted by molar-refractivity contribution is 6.31. The van der Waals surface area contributed by atoms with Gasteiger partial charge in [-0.1, -0.05) is 31.5 Å². The highest BCUT2D eigenvalue weighted by Crippen LogP contribution is 2.35. The van der Waals surface area contributed by atoms with Gasteiger partial charge in [0.05, 0.1) is 6.10 Å². The van der Waals surface area contributed by atoms with E-state index in [9.17, 15) is 9.90 Å². The fourth-order valence-corrected chi connectivity index (χ4v) is 3.40. The Labute approximate surface area is 186 Å². The number of anilines is 1. The maximum Gasteiger partial charge on any atom is 0.251 e. The lowest BCUT2D eigenvalue weighted by atomic mass is 10.1. The molecule has 0 fully saturated rings. The number of nitrogens with zero attached hydrogens (tertiary/aromatic N) is 2. The van der Waals surface area contributed by atoms with E-state index in [-0.39, 0.29) is 18.3 Å². The van der Waals surface area contributed by atoms with Gasteiger partial charge in [0.2, 0.25) is 0 Å². The molecule has 0 aliphatic rings. The normalized spacial score (nSPS) is 12.2. The highest BCUT2D eigenvalue weighted by Gasteiger charge is 2.13. The number of rotatable bonds is 9. The van der Waals surface area contributed by atoms with E-state index in [0.717, 1.165) is 23.9 Å². The van der Waals surface area contributed by atoms with Crippen LogP contribution in [0.15, 0.2) is 48.7 Å². The van der Waals surface area contributed by atoms with E-state index in [2.05, 4.69) is 15.2 Å². The SMILES string of the molecule is CCN(CC)CC(O)CNC(=O)c1ccc(Oc2c(N)ncc3ccc(Cl)cc23)cc1. The Bertz CT molecular complexity index is 1030. The molecule has 4 N–H and O–H groups in total. The van der Waals surface area contributed by atoms with E-state index in [1.165, 1.54) is 0 Å². The lowest BCUT2D eigenvalue weighted by Gasteiger charge is -2.22. The molecule has 164 valence electrons. The number of carbonyl (C=O) groups is 1. The van der Waals surface area contributed by atoms with Gasteiger partial charge >= 0.3 is 0 Å². The summed E-state index contributed by atoms with van der Waals surface area (Å²) in [5.41, 5.74) is 6.48. The zero-order valence-corrected chi connectivity index (χ0v) is 18.4. The van der Waals surface area contributed by atoms with Crippen LogP contribution in [-0.4, -0.2) is 53.2 Å². The molecular formula is C23H27ClN4O3. The predicted octanol–water partition coefficient (Wildman–Crippen LogP) is 3.70. The summed E-state index contributed by atoms with van der Waals surface area (Å²) in [6, 6.07) is 12.1. The summed E-state index contributed by atoms with van der Waals surface area (Å²) in [6.07, 6.45) is 1.04. The third kappa shape index (κ3) is 5.85. The van der Waals surface area contributed by atoms with Gasteiger partial charge in [0.15, 0.2) is 11.6 Å². The van der Waals surface area contributed by atoms with Crippen molar-refractivity contribution in [1.29, 1.82) is 0 Å². The number of hydrogen-bond donors (Lipinski definition) is 3. The number of likely N-dealkylation sites (N-methyl/N-ethyl adjacent to an activating group) is 1. The number of nitrogens with two attached hydrogens (primary N) is 1. The molecule has 1 amide bonds. The molecule has 0 aliphatic heterocycles. The number of ether oxygens (including phenoxy) is 1. The molecule has 3 rings (SSSR count). The summed E-state index contributed by atoms with van der Waals surface area (Å²) < 4.78 is 5.96. The van der Waals surface area contributed by atoms with Crippen LogP contribution < -0.4 is 15.8 Å². The maximum atomic E-state index is 12.4. The van der Waals surface area contributed by atoms with Gasteiger partial charge in [0, 0.05) is 40.6 Å². The van der Waals surface area contributed by atoms with Crippen LogP contribution in [-0.2, 0) is 0 Å². The van der Waals surface area contributed by atoms with Crippen molar-refractivity contribution in [3.8, 4) is 11.5 Å². The number of hydrogen-bond acceptors (Lipinski definition) is 6. The molecule has 1 atom stereocenters. The topological polar surface area (TPSA) is 101 Å². The van der Waals surface area contributed by atoms with Crippen LogP contribution in [0.1, 0.15) is 24.2 Å². The molecule has 31 heavy (non-hydrogen) atoms. The van der Waals surface area contributed by atoms with Crippen LogP contribution in [0.25, 0.3) is 10.8 Å². The summed E-state index contributed by atoms with van der Waals surface area (Å²) in [4.78, 5) is 18.7. The Hall–Kier alpha value is -2.87. The summed E-state index contributed by atoms with van der Waals surface area (Å²) in [6.45, 7) is 6.48. The highest BCUT2D eigenvalue weighted by atomic mass is 35.5. The minimum Gasteiger partial charge on any atom is -0.453 e. The van der Waals surface area contributed by atoms with Gasteiger partial charge in [-0.2, -0.15) is 0 Å². The molecule has 0 radical (unpaired) electrons. The van der Waals surface area contributed by atoms with Crippen molar-refractivity contribution < 1.29 is 14.6 Å². The van der Waals surface area contributed by atoms with Gasteiger partial charge in [-0.15, -0.1) is 0 Å². The molecule has 0 saturated carbocycles. The van der Waals surface area contributed by atoms with Crippen LogP contribution >= 0.6 is 11.6 Å². The Balaban J connectivity index is 1.66. The molecule has 1 aromatic heterocycles. The average Bonchev–Trinajstić information content (AvgIpc) is 2.78. The first-order chi connectivity index (χ1) is 14.9. The molecule has 0 spiro atoms. The second-order valence-corrected chi connectivity index (χ2v) is 7.62. The van der Waals surface area contributed by atoms with E-state index in [4.69, 9.17) is 22.1 Å². The third-order valence-electron chi connectivity index (χ3n) is 5.03. The van der Waals surface area contributed by atoms with Gasteiger partial charge in [-0.05, 0) is 49.5 Å². The number of carbonyl (C=O) groups excluding carboxylic acids is 1. The van der Waals surface area contributed by atoms with Crippen molar-refractivity contribution >= 4 is 34.1 Å². The number of benzene rings is 2. The predicted molar refractivity (Wildman–Crippen MR) is 124 cm³/mol. The van der Waals surface area contributed by atoms with Gasteiger partial charge in [0.1, 0.15) is 5.75 Å². The standard InChI is InChI=1S/C23H27ClN4O3/c1-3-28(4-2)14-18(29)13-27-23(30)15-6-9-19(10-7-15)31-21-20-11-17(24)8-5-16(20)12-26-22(21)25/h5-12,18,29H,3-4,13-14H2,1-2H3,(H2,25,26)(H,27,30). The number of aliphatic hydroxyl groups is 1. The van der Waals surface area contributed by atoms with Crippen LogP contribution in [0.4, 0.5) is 5.82 Å². The number of aromatic nitrogens is 1. The fourth-order valence-electron chi connectivity index (χ4n) is 3.23. The molecule has 1 unspecified atom stereocenters. The molecular weight excluding hydrogens is 416 g/mol. The largest absolute Gasteiger partial charge is 0.453 e. The minimum atomic E-state index is -0.625. The lowest BCUT2D eigenvalue weighted by molar-refractivity contribution is 0.0869. The number of nitrogen functional groups attached to an aromatic ring is 1. The first-order valence-electron chi connectivity index (χ1n) is 10.2. The minimum absolute atomic E-state index is 0.187. The van der Waals surface area contributed by atoms with Crippen LogP contribution in [0.5, 0.6) is 11.5 Å². The average molecular weight is 443 g/mol. The van der Waals surface area contributed by atoms with Gasteiger partial charge in [-0.25, -0.2) is 4.98 Å². The van der Waals surface area contributed by atoms with Crippen LogP contribution in [0.2, 0.25) is 5.02 Å². The first-order valence-corrected chi connectivity index (χ1v) is 10.6. The van der Waals surface area contributed by atoms with Gasteiger partial charge in [-0.3, -0.25) is 4.79 Å². The second kappa shape index (κ2) is 10.4. The van der Waals surface area contributed by atoms with E-state index in [1.807, 2.05) is 19.9 Å². The monoisotopic (exact) mass is 442 g/mol. The summed E-state index contributed by atoms with van der Waals surface area (Å²) >= 11 is 6.12. The number of amides is 1. The molecule has 3 aromatic rings. The molecule has 2 aromatic carbocycles. The number of halogens is 1. The van der Waals surface area contributed by atoms with Crippen molar-refractivity contribution in [2.24, 2.45) is 0 Å². The lowest BCUT2D eigenvalue weighted by Crippen LogP contribution is -2.40. The van der Waals surface area contributed by atoms with E-state index < -0.39 is 6.10 Å². The second-order valence-electron chi connectivity index (χ2n) is 7.18. The number of aliphatic hydroxyl groups excluding tert-OH is 1. The Morgan fingerprint density at radius 2 is 1.94 bits per heavy atom. The van der Waals surface area contributed by atoms with Crippen molar-refractivity contribution in [3.05, 3.63) is 59.2 Å². The number of nitrogens with one attached hydrogen (secondary N) is 1. The third-order valence-corrected chi connectivity index (χ3v) is 5.27. The van der Waals surface area contributed by atoms with Crippen molar-refractivity contribution in [1.82, 2.24) is 15.2 Å². The summed E-state index contributed by atoms with van der Waals surface area (Å²) in [5.74, 6) is 0.915. The van der Waals surface area contributed by atoms with Gasteiger partial charge < -0.3 is 25.8 Å². The smallest absolute Gasteiger partial charge is 0.251 e. The molecule has 0 saturated heterocycles. The Kier molecular flexibility index (Phi) is 7.68. The van der Waals surface area contributed by atoms with E-state index >= 15 is 0 Å². The zero-order chi connectivity index (χ0) is 22.4. The van der Waals surface area contributed by atoms with Crippen molar-refractivity contribution in [2.45, 2.75) is 20.0 Å². The molecule has 1 heterocycles. The van der Waals surface area contributed by atoms with Crippen LogP contribution in [0, 0.1) is 0 Å². The van der Waals surface area contributed by atoms with E-state index in [1.54, 1.807) is 42.6 Å². The molecule has 8 heteroatoms. The molecule has 7 nitrogen and oxygen atoms in total. The molecule has 0 aliphatic carbocycles. The van der Waals surface area contributed by atoms with Gasteiger partial charge in [0.25, 0.3) is 5.91 Å². The zero-order valence-electron chi connectivity index (χ0n) is 17.6. The number of pyridine rings is 1. The quantitative estimate of drug-likeness (QED) is 0.467. The first kappa shape index (κ1) is 22.8. The Morgan fingerprint density at radius 3 is 2.61 bits per heavy atom. The number of fused-ring (bicyclic) bond motifs is 1. The van der Waals surface area contributed by atoms with E-state index in [0.29, 0.717) is 28.6 Å². The maximum absolute atomic E-state index is 12.4. The van der Waals surface area contributed by atoms with Crippen molar-refractivity contribution in [2.75, 3.05) is 31.9 Å². The van der Waals surface area contributed by atoms with Crippen molar-refractivity contribution in [3.63, 3.8) is 0 Å². The summed E-state index contributed by atoms with van der Waals surface area (Å²) in [7, 11) is 0. The fraction of sp³-hybridized carbons (Fsp3) is 0.304. The van der Waals surface area contributed by atoms with Crippen LogP contribution in [0.3, 0.4) is 0 Å². The summed E-state index contributed by atoms with van der Waals surface area (Å²) in [5, 5.41) is 15.1. The molecule has 0 bridgehead atoms. The Morgan fingerprint density at radius 1 is 1.23 bits per heavy atom.